The molecule has 0 radical (unpaired) electrons. The Bertz CT molecular complexity index is 526. The van der Waals surface area contributed by atoms with E-state index in [1.807, 2.05) is 30.3 Å². The number of benzene rings is 2. The van der Waals surface area contributed by atoms with Crippen LogP contribution in [0, 0.1) is 0 Å². The predicted octanol–water partition coefficient (Wildman–Crippen LogP) is 3.20. The Morgan fingerprint density at radius 3 is 1.70 bits per heavy atom. The molecule has 0 atom stereocenters. The van der Waals surface area contributed by atoms with Gasteiger partial charge in [-0.3, -0.25) is 0 Å². The number of hydrogen-bond acceptors (Lipinski definition) is 2. The molecule has 0 aliphatic carbocycles. The van der Waals surface area contributed by atoms with E-state index in [1.54, 1.807) is 0 Å². The van der Waals surface area contributed by atoms with E-state index in [1.165, 1.54) is 12.1 Å². The first-order valence-corrected chi connectivity index (χ1v) is 6.16. The first-order valence-electron chi connectivity index (χ1n) is 6.16. The first-order chi connectivity index (χ1) is 9.55. The maximum Gasteiger partial charge on any atom is 0.509 e. The molecule has 0 saturated heterocycles. The third kappa shape index (κ3) is 4.22. The Balaban J connectivity index is 1.77. The number of ether oxygens (including phenoxy) is 2. The van der Waals surface area contributed by atoms with E-state index in [0.717, 1.165) is 17.9 Å². The minimum Gasteiger partial charge on any atom is -0.490 e. The normalized spacial score (nSPS) is 11.2. The van der Waals surface area contributed by atoms with Crippen LogP contribution in [0.2, 0.25) is 0 Å². The highest BCUT2D eigenvalue weighted by atomic mass is 19.4. The standard InChI is InChI=1S/C14H13BF3O2/c16-15(17,18)12-6-8-14(9-7-12)20-11-10-19-13-4-2-1-3-5-13/h1-9H,10-11H2/q-1. The highest BCUT2D eigenvalue weighted by Crippen LogP contribution is 2.14. The van der Waals surface area contributed by atoms with E-state index < -0.39 is 12.4 Å². The van der Waals surface area contributed by atoms with Crippen molar-refractivity contribution >= 4 is 12.4 Å². The van der Waals surface area contributed by atoms with Gasteiger partial charge in [-0.05, 0) is 24.3 Å². The molecule has 0 heterocycles. The molecule has 106 valence electrons. The van der Waals surface area contributed by atoms with Gasteiger partial charge in [0.2, 0.25) is 0 Å². The number of para-hydroxylation sites is 1. The second-order valence-corrected chi connectivity index (χ2v) is 4.15. The van der Waals surface area contributed by atoms with Crippen LogP contribution in [0.5, 0.6) is 11.5 Å². The Morgan fingerprint density at radius 1 is 0.700 bits per heavy atom. The lowest BCUT2D eigenvalue weighted by molar-refractivity contribution is 0.217. The van der Waals surface area contributed by atoms with Gasteiger partial charge in [0, 0.05) is 0 Å². The SMILES string of the molecule is F[B-](F)(F)c1ccc(OCCOc2ccccc2)cc1. The van der Waals surface area contributed by atoms with Crippen molar-refractivity contribution in [3.8, 4) is 11.5 Å². The summed E-state index contributed by atoms with van der Waals surface area (Å²) in [5, 5.41) is 0. The van der Waals surface area contributed by atoms with Crippen LogP contribution in [0.1, 0.15) is 0 Å². The predicted molar refractivity (Wildman–Crippen MR) is 72.6 cm³/mol. The molecule has 0 N–H and O–H groups in total. The summed E-state index contributed by atoms with van der Waals surface area (Å²) in [6.45, 7) is -4.35. The van der Waals surface area contributed by atoms with Crippen LogP contribution in [0.15, 0.2) is 54.6 Å². The Morgan fingerprint density at radius 2 is 1.20 bits per heavy atom. The lowest BCUT2D eigenvalue weighted by atomic mass is 9.80. The summed E-state index contributed by atoms with van der Waals surface area (Å²) < 4.78 is 48.0. The van der Waals surface area contributed by atoms with Crippen molar-refractivity contribution in [2.45, 2.75) is 0 Å². The molecule has 2 rings (SSSR count). The van der Waals surface area contributed by atoms with Crippen LogP contribution in [0.3, 0.4) is 0 Å². The molecular formula is C14H13BF3O2-. The van der Waals surface area contributed by atoms with Crippen LogP contribution >= 0.6 is 0 Å². The van der Waals surface area contributed by atoms with Gasteiger partial charge in [0.05, 0.1) is 0 Å². The summed E-state index contributed by atoms with van der Waals surface area (Å²) in [4.78, 5) is 0. The number of halogens is 3. The molecular weight excluding hydrogens is 268 g/mol. The fourth-order valence-electron chi connectivity index (χ4n) is 1.62. The topological polar surface area (TPSA) is 18.5 Å². The second kappa shape index (κ2) is 6.37. The Kier molecular flexibility index (Phi) is 4.55. The quantitative estimate of drug-likeness (QED) is 0.598. The van der Waals surface area contributed by atoms with Crippen molar-refractivity contribution in [2.75, 3.05) is 13.2 Å². The van der Waals surface area contributed by atoms with Gasteiger partial charge in [-0.1, -0.05) is 30.3 Å². The van der Waals surface area contributed by atoms with Crippen molar-refractivity contribution in [2.24, 2.45) is 0 Å². The van der Waals surface area contributed by atoms with Gasteiger partial charge >= 0.3 is 6.98 Å². The third-order valence-corrected chi connectivity index (χ3v) is 2.62. The summed E-state index contributed by atoms with van der Waals surface area (Å²) in [6, 6.07) is 13.9. The summed E-state index contributed by atoms with van der Waals surface area (Å²) in [5.74, 6) is 1.12. The van der Waals surface area contributed by atoms with Crippen LogP contribution in [-0.4, -0.2) is 20.2 Å². The van der Waals surface area contributed by atoms with E-state index in [-0.39, 0.29) is 6.61 Å². The molecule has 0 spiro atoms. The van der Waals surface area contributed by atoms with E-state index >= 15 is 0 Å². The molecule has 6 heteroatoms. The highest BCUT2D eigenvalue weighted by molar-refractivity contribution is 6.73. The molecule has 2 aromatic rings. The van der Waals surface area contributed by atoms with Gasteiger partial charge in [-0.2, -0.15) is 0 Å². The van der Waals surface area contributed by atoms with Crippen LogP contribution in [0.4, 0.5) is 12.9 Å². The molecule has 0 fully saturated rings. The van der Waals surface area contributed by atoms with Gasteiger partial charge in [0.1, 0.15) is 24.7 Å². The molecule has 0 aliphatic heterocycles. The minimum atomic E-state index is -4.95. The van der Waals surface area contributed by atoms with Gasteiger partial charge in [0.25, 0.3) is 0 Å². The molecule has 0 saturated carbocycles. The molecule has 20 heavy (non-hydrogen) atoms. The first kappa shape index (κ1) is 14.3. The van der Waals surface area contributed by atoms with Crippen LogP contribution in [-0.2, 0) is 0 Å². The van der Waals surface area contributed by atoms with E-state index in [0.29, 0.717) is 12.4 Å². The zero-order valence-electron chi connectivity index (χ0n) is 10.6. The zero-order valence-corrected chi connectivity index (χ0v) is 10.6. The molecule has 2 nitrogen and oxygen atoms in total. The largest absolute Gasteiger partial charge is 0.509 e. The van der Waals surface area contributed by atoms with Crippen molar-refractivity contribution in [1.82, 2.24) is 0 Å². The maximum atomic E-state index is 12.4. The van der Waals surface area contributed by atoms with Crippen LogP contribution < -0.4 is 14.9 Å². The van der Waals surface area contributed by atoms with E-state index in [4.69, 9.17) is 9.47 Å². The molecule has 0 amide bonds. The maximum absolute atomic E-state index is 12.4. The van der Waals surface area contributed by atoms with E-state index in [2.05, 4.69) is 0 Å². The van der Waals surface area contributed by atoms with E-state index in [9.17, 15) is 12.9 Å². The summed E-state index contributed by atoms with van der Waals surface area (Å²) in [5.41, 5.74) is -0.627. The number of rotatable bonds is 6. The molecule has 0 aromatic heterocycles. The summed E-state index contributed by atoms with van der Waals surface area (Å²) in [7, 11) is 0. The zero-order chi connectivity index (χ0) is 14.4. The van der Waals surface area contributed by atoms with Gasteiger partial charge < -0.3 is 22.4 Å². The second-order valence-electron chi connectivity index (χ2n) is 4.15. The summed E-state index contributed by atoms with van der Waals surface area (Å²) >= 11 is 0. The summed E-state index contributed by atoms with van der Waals surface area (Å²) in [6.07, 6.45) is 0. The Hall–Kier alpha value is -2.11. The Labute approximate surface area is 115 Å². The van der Waals surface area contributed by atoms with Crippen molar-refractivity contribution in [1.29, 1.82) is 0 Å². The monoisotopic (exact) mass is 281 g/mol. The highest BCUT2D eigenvalue weighted by Gasteiger charge is 2.24. The molecule has 0 aliphatic rings. The van der Waals surface area contributed by atoms with Crippen molar-refractivity contribution in [3.63, 3.8) is 0 Å². The fourth-order valence-corrected chi connectivity index (χ4v) is 1.62. The smallest absolute Gasteiger partial charge is 0.490 e. The van der Waals surface area contributed by atoms with Gasteiger partial charge in [0.15, 0.2) is 0 Å². The van der Waals surface area contributed by atoms with Gasteiger partial charge in [-0.25, -0.2) is 0 Å². The van der Waals surface area contributed by atoms with Gasteiger partial charge in [-0.15, -0.1) is 5.46 Å². The third-order valence-electron chi connectivity index (χ3n) is 2.62. The van der Waals surface area contributed by atoms with Crippen molar-refractivity contribution < 1.29 is 22.4 Å². The molecule has 0 bridgehead atoms. The lowest BCUT2D eigenvalue weighted by Gasteiger charge is -2.15. The van der Waals surface area contributed by atoms with Crippen molar-refractivity contribution in [3.05, 3.63) is 54.6 Å². The minimum absolute atomic E-state index is 0.269. The number of hydrogen-bond donors (Lipinski definition) is 0. The fraction of sp³-hybridized carbons (Fsp3) is 0.143. The average molecular weight is 281 g/mol. The molecule has 2 aromatic carbocycles. The average Bonchev–Trinajstić information content (AvgIpc) is 2.44. The lowest BCUT2D eigenvalue weighted by Crippen LogP contribution is -2.33. The van der Waals surface area contributed by atoms with Crippen LogP contribution in [0.25, 0.3) is 0 Å². The molecule has 0 unspecified atom stereocenters.